The molecule has 0 bridgehead atoms. The highest BCUT2D eigenvalue weighted by atomic mass is 19.1. The number of nitrogens with zero attached hydrogens (tertiary/aromatic N) is 1. The number of rotatable bonds is 3. The number of ether oxygens (including phenoxy) is 1. The van der Waals surface area contributed by atoms with Crippen molar-refractivity contribution in [3.8, 4) is 0 Å². The van der Waals surface area contributed by atoms with Gasteiger partial charge >= 0.3 is 6.09 Å². The van der Waals surface area contributed by atoms with E-state index in [4.69, 9.17) is 4.74 Å². The van der Waals surface area contributed by atoms with Crippen LogP contribution in [-0.2, 0) is 14.9 Å². The first-order valence-electron chi connectivity index (χ1n) is 7.93. The third-order valence-corrected chi connectivity index (χ3v) is 4.30. The van der Waals surface area contributed by atoms with Crippen LogP contribution in [-0.4, -0.2) is 36.0 Å². The van der Waals surface area contributed by atoms with Crippen LogP contribution in [0.5, 0.6) is 0 Å². The minimum atomic E-state index is -0.522. The van der Waals surface area contributed by atoms with Crippen molar-refractivity contribution >= 4 is 12.4 Å². The Hall–Kier alpha value is -1.91. The van der Waals surface area contributed by atoms with Gasteiger partial charge in [-0.1, -0.05) is 12.1 Å². The molecule has 0 aliphatic carbocycles. The fourth-order valence-corrected chi connectivity index (χ4v) is 3.02. The minimum absolute atomic E-state index is 0.291. The minimum Gasteiger partial charge on any atom is -0.444 e. The van der Waals surface area contributed by atoms with E-state index in [2.05, 4.69) is 0 Å². The van der Waals surface area contributed by atoms with Crippen molar-refractivity contribution < 1.29 is 18.7 Å². The van der Waals surface area contributed by atoms with Crippen LogP contribution in [0.4, 0.5) is 9.18 Å². The van der Waals surface area contributed by atoms with Gasteiger partial charge in [0.1, 0.15) is 17.7 Å². The highest BCUT2D eigenvalue weighted by Crippen LogP contribution is 2.38. The lowest BCUT2D eigenvalue weighted by atomic mass is 9.71. The molecule has 23 heavy (non-hydrogen) atoms. The normalized spacial score (nSPS) is 17.7. The number of hydrogen-bond donors (Lipinski definition) is 0. The lowest BCUT2D eigenvalue weighted by Crippen LogP contribution is -2.47. The standard InChI is InChI=1S/C18H24FNO3/c1-17(2,3)23-16(22)20-11-8-18(9-12-20,10-13-21)14-4-6-15(19)7-5-14/h4-7,13H,8-12H2,1-3H3. The van der Waals surface area contributed by atoms with Crippen molar-refractivity contribution in [1.29, 1.82) is 0 Å². The van der Waals surface area contributed by atoms with Crippen LogP contribution in [0.25, 0.3) is 0 Å². The summed E-state index contributed by atoms with van der Waals surface area (Å²) in [4.78, 5) is 25.0. The Balaban J connectivity index is 2.10. The summed E-state index contributed by atoms with van der Waals surface area (Å²) >= 11 is 0. The highest BCUT2D eigenvalue weighted by Gasteiger charge is 2.38. The predicted octanol–water partition coefficient (Wildman–Crippen LogP) is 3.68. The molecule has 0 atom stereocenters. The van der Waals surface area contributed by atoms with Crippen molar-refractivity contribution in [2.24, 2.45) is 0 Å². The van der Waals surface area contributed by atoms with Crippen molar-refractivity contribution in [1.82, 2.24) is 4.90 Å². The summed E-state index contributed by atoms with van der Waals surface area (Å²) in [7, 11) is 0. The topological polar surface area (TPSA) is 46.6 Å². The van der Waals surface area contributed by atoms with Crippen LogP contribution in [0.15, 0.2) is 24.3 Å². The summed E-state index contributed by atoms with van der Waals surface area (Å²) in [5.74, 6) is -0.291. The first kappa shape index (κ1) is 17.4. The van der Waals surface area contributed by atoms with Crippen molar-refractivity contribution in [2.75, 3.05) is 13.1 Å². The maximum absolute atomic E-state index is 13.2. The zero-order chi connectivity index (χ0) is 17.1. The molecular formula is C18H24FNO3. The molecule has 2 rings (SSSR count). The Bertz CT molecular complexity index is 555. The van der Waals surface area contributed by atoms with Gasteiger partial charge in [0.15, 0.2) is 0 Å². The van der Waals surface area contributed by atoms with Gasteiger partial charge in [-0.15, -0.1) is 0 Å². The molecule has 4 nitrogen and oxygen atoms in total. The van der Waals surface area contributed by atoms with E-state index < -0.39 is 5.60 Å². The number of piperidine rings is 1. The molecule has 1 saturated heterocycles. The van der Waals surface area contributed by atoms with Crippen molar-refractivity contribution in [3.63, 3.8) is 0 Å². The molecule has 1 fully saturated rings. The average molecular weight is 321 g/mol. The Morgan fingerprint density at radius 3 is 2.30 bits per heavy atom. The molecule has 0 saturated carbocycles. The molecule has 0 spiro atoms. The second-order valence-electron chi connectivity index (χ2n) is 7.13. The fourth-order valence-electron chi connectivity index (χ4n) is 3.02. The van der Waals surface area contributed by atoms with Crippen LogP contribution >= 0.6 is 0 Å². The molecule has 0 unspecified atom stereocenters. The molecule has 126 valence electrons. The zero-order valence-electron chi connectivity index (χ0n) is 14.0. The Kier molecular flexibility index (Phi) is 5.07. The highest BCUT2D eigenvalue weighted by molar-refractivity contribution is 5.68. The number of carbonyl (C=O) groups excluding carboxylic acids is 2. The summed E-state index contributed by atoms with van der Waals surface area (Å²) in [5.41, 5.74) is 0.106. The van der Waals surface area contributed by atoms with Crippen molar-refractivity contribution in [3.05, 3.63) is 35.6 Å². The number of amides is 1. The average Bonchev–Trinajstić information content (AvgIpc) is 2.47. The van der Waals surface area contributed by atoms with Gasteiger partial charge < -0.3 is 14.4 Å². The Morgan fingerprint density at radius 1 is 1.26 bits per heavy atom. The molecule has 0 aromatic heterocycles. The molecule has 0 N–H and O–H groups in total. The van der Waals surface area contributed by atoms with Crippen LogP contribution < -0.4 is 0 Å². The van der Waals surface area contributed by atoms with Gasteiger partial charge in [0.2, 0.25) is 0 Å². The van der Waals surface area contributed by atoms with E-state index in [1.807, 2.05) is 20.8 Å². The monoisotopic (exact) mass is 321 g/mol. The van der Waals surface area contributed by atoms with Crippen LogP contribution in [0.3, 0.4) is 0 Å². The molecule has 1 aromatic rings. The van der Waals surface area contributed by atoms with Gasteiger partial charge in [0, 0.05) is 24.9 Å². The van der Waals surface area contributed by atoms with Gasteiger partial charge in [0.05, 0.1) is 0 Å². The zero-order valence-corrected chi connectivity index (χ0v) is 14.0. The second kappa shape index (κ2) is 6.69. The summed E-state index contributed by atoms with van der Waals surface area (Å²) < 4.78 is 18.5. The molecule has 1 aromatic carbocycles. The molecular weight excluding hydrogens is 297 g/mol. The number of carbonyl (C=O) groups is 2. The summed E-state index contributed by atoms with van der Waals surface area (Å²) in [6.45, 7) is 6.57. The van der Waals surface area contributed by atoms with Gasteiger partial charge in [-0.25, -0.2) is 9.18 Å². The van der Waals surface area contributed by atoms with E-state index in [1.54, 1.807) is 17.0 Å². The maximum atomic E-state index is 13.2. The molecule has 1 aliphatic rings. The SMILES string of the molecule is CC(C)(C)OC(=O)N1CCC(CC=O)(c2ccc(F)cc2)CC1. The van der Waals surface area contributed by atoms with Crippen molar-refractivity contribution in [2.45, 2.75) is 51.0 Å². The largest absolute Gasteiger partial charge is 0.444 e. The lowest BCUT2D eigenvalue weighted by molar-refractivity contribution is -0.109. The summed E-state index contributed by atoms with van der Waals surface area (Å²) in [6, 6.07) is 6.31. The molecule has 1 aliphatic heterocycles. The van der Waals surface area contributed by atoms with Gasteiger partial charge in [-0.2, -0.15) is 0 Å². The lowest BCUT2D eigenvalue weighted by Gasteiger charge is -2.41. The van der Waals surface area contributed by atoms with E-state index in [9.17, 15) is 14.0 Å². The third-order valence-electron chi connectivity index (χ3n) is 4.30. The fraction of sp³-hybridized carbons (Fsp3) is 0.556. The van der Waals surface area contributed by atoms with Gasteiger partial charge in [-0.05, 0) is 51.3 Å². The summed E-state index contributed by atoms with van der Waals surface area (Å²) in [6.07, 6.45) is 2.29. The second-order valence-corrected chi connectivity index (χ2v) is 7.13. The first-order valence-corrected chi connectivity index (χ1v) is 7.93. The van der Waals surface area contributed by atoms with E-state index >= 15 is 0 Å². The van der Waals surface area contributed by atoms with Crippen LogP contribution in [0.1, 0.15) is 45.6 Å². The third kappa shape index (κ3) is 4.30. The molecule has 0 radical (unpaired) electrons. The molecule has 1 heterocycles. The summed E-state index contributed by atoms with van der Waals surface area (Å²) in [5, 5.41) is 0. The van der Waals surface area contributed by atoms with Crippen LogP contribution in [0, 0.1) is 5.82 Å². The number of aldehydes is 1. The number of benzene rings is 1. The first-order chi connectivity index (χ1) is 10.8. The Labute approximate surface area is 136 Å². The quantitative estimate of drug-likeness (QED) is 0.798. The maximum Gasteiger partial charge on any atom is 0.410 e. The molecule has 5 heteroatoms. The Morgan fingerprint density at radius 2 is 1.83 bits per heavy atom. The van der Waals surface area contributed by atoms with E-state index in [1.165, 1.54) is 12.1 Å². The smallest absolute Gasteiger partial charge is 0.410 e. The van der Waals surface area contributed by atoms with Gasteiger partial charge in [-0.3, -0.25) is 0 Å². The number of halogens is 1. The molecule has 1 amide bonds. The van der Waals surface area contributed by atoms with E-state index in [-0.39, 0.29) is 17.3 Å². The van der Waals surface area contributed by atoms with E-state index in [0.717, 1.165) is 11.8 Å². The van der Waals surface area contributed by atoms with Crippen LogP contribution in [0.2, 0.25) is 0 Å². The van der Waals surface area contributed by atoms with E-state index in [0.29, 0.717) is 32.4 Å². The number of likely N-dealkylation sites (tertiary alicyclic amines) is 1. The number of hydrogen-bond acceptors (Lipinski definition) is 3. The predicted molar refractivity (Wildman–Crippen MR) is 85.8 cm³/mol. The van der Waals surface area contributed by atoms with Gasteiger partial charge in [0.25, 0.3) is 0 Å².